The van der Waals surface area contributed by atoms with Crippen molar-refractivity contribution < 1.29 is 9.53 Å². The summed E-state index contributed by atoms with van der Waals surface area (Å²) in [4.78, 5) is 17.7. The van der Waals surface area contributed by atoms with Crippen molar-refractivity contribution in [2.75, 3.05) is 18.5 Å². The Bertz CT molecular complexity index is 1260. The van der Waals surface area contributed by atoms with E-state index in [-0.39, 0.29) is 11.7 Å². The summed E-state index contributed by atoms with van der Waals surface area (Å²) >= 11 is 5.94. The zero-order valence-corrected chi connectivity index (χ0v) is 17.5. The van der Waals surface area contributed by atoms with Crippen LogP contribution in [0.3, 0.4) is 0 Å². The van der Waals surface area contributed by atoms with Crippen LogP contribution in [0.2, 0.25) is 5.28 Å². The lowest BCUT2D eigenvalue weighted by molar-refractivity contribution is -0.106. The first-order chi connectivity index (χ1) is 15.2. The molecular formula is C21H22ClN7O2. The van der Waals surface area contributed by atoms with E-state index >= 15 is 0 Å². The van der Waals surface area contributed by atoms with E-state index in [0.29, 0.717) is 6.61 Å². The molecule has 4 aromatic rings. The molecule has 1 fully saturated rings. The number of rotatable bonds is 4. The smallest absolute Gasteiger partial charge is 0.243 e. The summed E-state index contributed by atoms with van der Waals surface area (Å²) in [7, 11) is 0. The van der Waals surface area contributed by atoms with Gasteiger partial charge in [0, 0.05) is 36.6 Å². The number of anilines is 1. The van der Waals surface area contributed by atoms with Crippen molar-refractivity contribution in [3.05, 3.63) is 35.7 Å². The van der Waals surface area contributed by atoms with E-state index in [4.69, 9.17) is 26.1 Å². The normalized spacial score (nSPS) is 15.1. The molecule has 1 saturated carbocycles. The highest BCUT2D eigenvalue weighted by molar-refractivity contribution is 6.28. The molecule has 3 aromatic heterocycles. The summed E-state index contributed by atoms with van der Waals surface area (Å²) < 4.78 is 10.0. The summed E-state index contributed by atoms with van der Waals surface area (Å²) in [5.41, 5.74) is 8.94. The van der Waals surface area contributed by atoms with E-state index in [9.17, 15) is 0 Å². The third kappa shape index (κ3) is 3.88. The highest BCUT2D eigenvalue weighted by Gasteiger charge is 2.23. The minimum absolute atomic E-state index is 0.241. The predicted octanol–water partition coefficient (Wildman–Crippen LogP) is 3.11. The van der Waals surface area contributed by atoms with Crippen LogP contribution in [-0.4, -0.2) is 43.7 Å². The zero-order valence-electron chi connectivity index (χ0n) is 16.8. The number of benzene rings is 1. The fourth-order valence-electron chi connectivity index (χ4n) is 3.86. The van der Waals surface area contributed by atoms with Crippen molar-refractivity contribution in [1.82, 2.24) is 24.1 Å². The molecule has 1 amide bonds. The van der Waals surface area contributed by atoms with E-state index in [1.165, 1.54) is 12.8 Å². The van der Waals surface area contributed by atoms with Gasteiger partial charge in [-0.3, -0.25) is 4.79 Å². The van der Waals surface area contributed by atoms with Gasteiger partial charge in [-0.25, -0.2) is 9.50 Å². The number of amides is 1. The average molecular weight is 440 g/mol. The molecule has 0 saturated heterocycles. The highest BCUT2D eigenvalue weighted by atomic mass is 35.5. The Morgan fingerprint density at radius 3 is 2.94 bits per heavy atom. The number of carbonyl (C=O) groups excluding carboxylic acids is 1. The summed E-state index contributed by atoms with van der Waals surface area (Å²) in [6, 6.07) is 8.17. The number of aryl methyl sites for hydroxylation is 1. The van der Waals surface area contributed by atoms with E-state index in [1.807, 2.05) is 18.3 Å². The molecule has 3 N–H and O–H groups in total. The van der Waals surface area contributed by atoms with Crippen molar-refractivity contribution in [1.29, 1.82) is 0 Å². The number of primary amides is 1. The van der Waals surface area contributed by atoms with E-state index in [2.05, 4.69) is 37.8 Å². The Morgan fingerprint density at radius 1 is 1.29 bits per heavy atom. The number of nitrogens with two attached hydrogens (primary N) is 1. The average Bonchev–Trinajstić information content (AvgIpc) is 3.45. The van der Waals surface area contributed by atoms with Crippen molar-refractivity contribution >= 4 is 40.4 Å². The van der Waals surface area contributed by atoms with Gasteiger partial charge in [0.15, 0.2) is 5.65 Å². The number of nitrogens with one attached hydrogen (secondary N) is 1. The molecule has 1 aliphatic heterocycles. The third-order valence-corrected chi connectivity index (χ3v) is 5.61. The lowest BCUT2D eigenvalue weighted by atomic mass is 10.2. The summed E-state index contributed by atoms with van der Waals surface area (Å²) in [5.74, 6) is 2.62. The molecule has 10 heteroatoms. The molecule has 0 radical (unpaired) electrons. The topological polar surface area (TPSA) is 112 Å². The molecule has 9 nitrogen and oxygen atoms in total. The molecule has 31 heavy (non-hydrogen) atoms. The van der Waals surface area contributed by atoms with E-state index < -0.39 is 0 Å². The van der Waals surface area contributed by atoms with Crippen LogP contribution in [0.25, 0.3) is 28.1 Å². The first-order valence-corrected chi connectivity index (χ1v) is 10.6. The summed E-state index contributed by atoms with van der Waals surface area (Å²) in [6.45, 7) is 2.59. The molecule has 2 aliphatic rings. The number of hydrogen-bond acceptors (Lipinski definition) is 6. The number of ether oxygens (including phenoxy) is 1. The fourth-order valence-corrected chi connectivity index (χ4v) is 4.03. The monoisotopic (exact) mass is 439 g/mol. The van der Waals surface area contributed by atoms with Crippen molar-refractivity contribution in [2.24, 2.45) is 11.7 Å². The highest BCUT2D eigenvalue weighted by Crippen LogP contribution is 2.36. The first-order valence-electron chi connectivity index (χ1n) is 10.2. The second-order valence-corrected chi connectivity index (χ2v) is 8.03. The molecule has 1 aromatic carbocycles. The lowest BCUT2D eigenvalue weighted by Crippen LogP contribution is -2.03. The molecular weight excluding hydrogens is 418 g/mol. The number of nitrogens with zero attached hydrogens (tertiary/aromatic N) is 5. The van der Waals surface area contributed by atoms with Crippen LogP contribution in [0.4, 0.5) is 5.69 Å². The second-order valence-electron chi connectivity index (χ2n) is 7.69. The Morgan fingerprint density at radius 2 is 2.13 bits per heavy atom. The Hall–Kier alpha value is -3.33. The quantitative estimate of drug-likeness (QED) is 0.472. The molecule has 4 heterocycles. The molecule has 0 spiro atoms. The maximum atomic E-state index is 8.58. The number of carbonyl (C=O) groups is 1. The van der Waals surface area contributed by atoms with Gasteiger partial charge >= 0.3 is 0 Å². The van der Waals surface area contributed by atoms with Crippen LogP contribution in [0.15, 0.2) is 30.5 Å². The Kier molecular flexibility index (Phi) is 5.11. The maximum Gasteiger partial charge on any atom is 0.243 e. The Balaban J connectivity index is 0.000000646. The molecule has 6 rings (SSSR count). The molecule has 0 atom stereocenters. The minimum Gasteiger partial charge on any atom is -0.491 e. The minimum atomic E-state index is 0.241. The second kappa shape index (κ2) is 8.07. The first kappa shape index (κ1) is 19.6. The zero-order chi connectivity index (χ0) is 21.4. The van der Waals surface area contributed by atoms with Gasteiger partial charge < -0.3 is 20.4 Å². The predicted molar refractivity (Wildman–Crippen MR) is 118 cm³/mol. The van der Waals surface area contributed by atoms with Gasteiger partial charge in [0.2, 0.25) is 11.7 Å². The van der Waals surface area contributed by atoms with Crippen LogP contribution in [-0.2, 0) is 11.3 Å². The molecule has 1 aliphatic carbocycles. The number of aromatic nitrogens is 5. The van der Waals surface area contributed by atoms with Gasteiger partial charge in [-0.15, -0.1) is 5.10 Å². The van der Waals surface area contributed by atoms with Gasteiger partial charge in [0.1, 0.15) is 17.1 Å². The van der Waals surface area contributed by atoms with Gasteiger partial charge in [-0.1, -0.05) is 0 Å². The van der Waals surface area contributed by atoms with Crippen molar-refractivity contribution in [3.8, 4) is 17.1 Å². The van der Waals surface area contributed by atoms with Crippen LogP contribution in [0, 0.1) is 5.92 Å². The fraction of sp³-hybridized carbons (Fsp3) is 0.333. The van der Waals surface area contributed by atoms with Gasteiger partial charge in [0.05, 0.1) is 12.1 Å². The van der Waals surface area contributed by atoms with Crippen LogP contribution >= 0.6 is 11.6 Å². The molecule has 0 unspecified atom stereocenters. The van der Waals surface area contributed by atoms with E-state index in [1.54, 1.807) is 4.52 Å². The molecule has 160 valence electrons. The largest absolute Gasteiger partial charge is 0.491 e. The van der Waals surface area contributed by atoms with E-state index in [0.717, 1.165) is 64.9 Å². The number of pyridine rings is 1. The van der Waals surface area contributed by atoms with Gasteiger partial charge in [-0.2, -0.15) is 4.98 Å². The van der Waals surface area contributed by atoms with Gasteiger partial charge in [0.25, 0.3) is 0 Å². The standard InChI is InChI=1S/C20H19ClN6O.CH3NO/c21-20-24-17-5-4-13(11-27(17)25-20)19-23-15-8-14(22-10-12-2-3-12)9-16-18(15)26(19)6-1-7-28-16;2-1-3/h4-5,8-9,11-12,22H,1-3,6-7,10H2;1H,(H2,2,3). The van der Waals surface area contributed by atoms with Crippen molar-refractivity contribution in [3.63, 3.8) is 0 Å². The lowest BCUT2D eigenvalue weighted by Gasteiger charge is -2.10. The van der Waals surface area contributed by atoms with Gasteiger partial charge in [-0.05, 0) is 55.0 Å². The Labute approximate surface area is 183 Å². The number of fused-ring (bicyclic) bond motifs is 1. The summed E-state index contributed by atoms with van der Waals surface area (Å²) in [5, 5.41) is 8.01. The summed E-state index contributed by atoms with van der Waals surface area (Å²) in [6.07, 6.45) is 5.77. The SMILES string of the molecule is Clc1nc2ccc(-c3nc4cc(NCC5CC5)cc5c4n3CCCO5)cn2n1.NC=O. The third-order valence-electron chi connectivity index (χ3n) is 5.45. The number of halogens is 1. The van der Waals surface area contributed by atoms with Crippen molar-refractivity contribution in [2.45, 2.75) is 25.8 Å². The van der Waals surface area contributed by atoms with Crippen LogP contribution < -0.4 is 15.8 Å². The number of imidazole rings is 1. The van der Waals surface area contributed by atoms with Crippen LogP contribution in [0.5, 0.6) is 5.75 Å². The molecule has 0 bridgehead atoms. The number of hydrogen-bond donors (Lipinski definition) is 2. The van der Waals surface area contributed by atoms with Crippen LogP contribution in [0.1, 0.15) is 19.3 Å². The maximum absolute atomic E-state index is 8.58.